The SMILES string of the molecule is Cc1cc(NC(C)(C)CO)ccc1N. The minimum absolute atomic E-state index is 0.0937. The minimum atomic E-state index is -0.303. The fraction of sp³-hybridized carbons (Fsp3) is 0.455. The maximum atomic E-state index is 9.09. The zero-order valence-corrected chi connectivity index (χ0v) is 8.96. The van der Waals surface area contributed by atoms with Crippen LogP contribution in [-0.4, -0.2) is 17.3 Å². The van der Waals surface area contributed by atoms with Crippen LogP contribution in [0, 0.1) is 6.92 Å². The van der Waals surface area contributed by atoms with Gasteiger partial charge in [-0.3, -0.25) is 0 Å². The molecule has 0 atom stereocenters. The predicted molar refractivity (Wildman–Crippen MR) is 60.4 cm³/mol. The Hall–Kier alpha value is -1.22. The number of nitrogens with one attached hydrogen (secondary N) is 1. The number of rotatable bonds is 3. The van der Waals surface area contributed by atoms with Gasteiger partial charge in [-0.05, 0) is 44.5 Å². The van der Waals surface area contributed by atoms with E-state index >= 15 is 0 Å². The molecule has 1 aromatic rings. The third-order valence-electron chi connectivity index (χ3n) is 2.15. The average molecular weight is 194 g/mol. The van der Waals surface area contributed by atoms with Crippen molar-refractivity contribution >= 4 is 11.4 Å². The lowest BCUT2D eigenvalue weighted by Crippen LogP contribution is -2.34. The quantitative estimate of drug-likeness (QED) is 0.643. The van der Waals surface area contributed by atoms with E-state index in [1.54, 1.807) is 0 Å². The largest absolute Gasteiger partial charge is 0.399 e. The van der Waals surface area contributed by atoms with Crippen LogP contribution in [0.15, 0.2) is 18.2 Å². The highest BCUT2D eigenvalue weighted by Gasteiger charge is 2.15. The van der Waals surface area contributed by atoms with E-state index in [-0.39, 0.29) is 12.1 Å². The first kappa shape index (κ1) is 10.9. The number of nitrogen functional groups attached to an aromatic ring is 1. The first-order valence-electron chi connectivity index (χ1n) is 4.70. The Bertz CT molecular complexity index is 321. The molecule has 0 aromatic heterocycles. The molecule has 0 bridgehead atoms. The fourth-order valence-electron chi connectivity index (χ4n) is 1.18. The van der Waals surface area contributed by atoms with Gasteiger partial charge in [-0.1, -0.05) is 0 Å². The van der Waals surface area contributed by atoms with Crippen LogP contribution >= 0.6 is 0 Å². The van der Waals surface area contributed by atoms with Crippen LogP contribution in [0.25, 0.3) is 0 Å². The van der Waals surface area contributed by atoms with E-state index in [1.165, 1.54) is 0 Å². The summed E-state index contributed by atoms with van der Waals surface area (Å²) in [5.74, 6) is 0. The third-order valence-corrected chi connectivity index (χ3v) is 2.15. The molecule has 4 N–H and O–H groups in total. The number of hydrogen-bond acceptors (Lipinski definition) is 3. The van der Waals surface area contributed by atoms with Crippen LogP contribution in [0.1, 0.15) is 19.4 Å². The molecule has 0 unspecified atom stereocenters. The van der Waals surface area contributed by atoms with E-state index < -0.39 is 0 Å². The Kier molecular flexibility index (Phi) is 3.01. The molecule has 0 spiro atoms. The first-order valence-corrected chi connectivity index (χ1v) is 4.70. The summed E-state index contributed by atoms with van der Waals surface area (Å²) >= 11 is 0. The highest BCUT2D eigenvalue weighted by Crippen LogP contribution is 2.19. The van der Waals surface area contributed by atoms with Crippen LogP contribution in [0.3, 0.4) is 0 Å². The molecule has 3 nitrogen and oxygen atoms in total. The molecular weight excluding hydrogens is 176 g/mol. The zero-order chi connectivity index (χ0) is 10.8. The van der Waals surface area contributed by atoms with Crippen molar-refractivity contribution in [3.63, 3.8) is 0 Å². The Morgan fingerprint density at radius 2 is 2.07 bits per heavy atom. The topological polar surface area (TPSA) is 58.3 Å². The van der Waals surface area contributed by atoms with Crippen LogP contribution in [0.5, 0.6) is 0 Å². The van der Waals surface area contributed by atoms with Gasteiger partial charge in [0.15, 0.2) is 0 Å². The summed E-state index contributed by atoms with van der Waals surface area (Å²) in [6.07, 6.45) is 0. The molecule has 0 aliphatic heterocycles. The lowest BCUT2D eigenvalue weighted by molar-refractivity contribution is 0.234. The van der Waals surface area contributed by atoms with Gasteiger partial charge in [0, 0.05) is 11.4 Å². The van der Waals surface area contributed by atoms with Crippen molar-refractivity contribution < 1.29 is 5.11 Å². The van der Waals surface area contributed by atoms with Crippen molar-refractivity contribution in [1.82, 2.24) is 0 Å². The molecule has 0 heterocycles. The van der Waals surface area contributed by atoms with Gasteiger partial charge >= 0.3 is 0 Å². The monoisotopic (exact) mass is 194 g/mol. The number of benzene rings is 1. The molecule has 0 aliphatic carbocycles. The van der Waals surface area contributed by atoms with Gasteiger partial charge in [0.25, 0.3) is 0 Å². The molecule has 0 amide bonds. The van der Waals surface area contributed by atoms with Gasteiger partial charge in [-0.2, -0.15) is 0 Å². The molecular formula is C11H18N2O. The summed E-state index contributed by atoms with van der Waals surface area (Å²) in [7, 11) is 0. The molecule has 0 radical (unpaired) electrons. The molecule has 0 aliphatic rings. The maximum Gasteiger partial charge on any atom is 0.0656 e. The maximum absolute atomic E-state index is 9.09. The molecule has 14 heavy (non-hydrogen) atoms. The first-order chi connectivity index (χ1) is 6.44. The van der Waals surface area contributed by atoms with Crippen molar-refractivity contribution in [1.29, 1.82) is 0 Å². The van der Waals surface area contributed by atoms with Crippen molar-refractivity contribution in [2.24, 2.45) is 0 Å². The summed E-state index contributed by atoms with van der Waals surface area (Å²) in [5.41, 5.74) is 8.22. The fourth-order valence-corrected chi connectivity index (χ4v) is 1.18. The van der Waals surface area contributed by atoms with Crippen molar-refractivity contribution in [3.05, 3.63) is 23.8 Å². The Morgan fingerprint density at radius 3 is 2.57 bits per heavy atom. The van der Waals surface area contributed by atoms with Crippen molar-refractivity contribution in [2.75, 3.05) is 17.7 Å². The van der Waals surface area contributed by atoms with Crippen LogP contribution in [0.2, 0.25) is 0 Å². The summed E-state index contributed by atoms with van der Waals surface area (Å²) in [5, 5.41) is 12.3. The molecule has 1 aromatic carbocycles. The second-order valence-corrected chi connectivity index (χ2v) is 4.24. The van der Waals surface area contributed by atoms with Gasteiger partial charge in [-0.25, -0.2) is 0 Å². The zero-order valence-electron chi connectivity index (χ0n) is 8.96. The molecule has 78 valence electrons. The second-order valence-electron chi connectivity index (χ2n) is 4.24. The third kappa shape index (κ3) is 2.64. The summed E-state index contributed by atoms with van der Waals surface area (Å²) in [6.45, 7) is 5.94. The lowest BCUT2D eigenvalue weighted by Gasteiger charge is -2.25. The van der Waals surface area contributed by atoms with E-state index in [1.807, 2.05) is 39.0 Å². The van der Waals surface area contributed by atoms with Crippen molar-refractivity contribution in [2.45, 2.75) is 26.3 Å². The number of hydrogen-bond donors (Lipinski definition) is 3. The number of nitrogens with two attached hydrogens (primary N) is 1. The van der Waals surface area contributed by atoms with E-state index in [4.69, 9.17) is 10.8 Å². The highest BCUT2D eigenvalue weighted by atomic mass is 16.3. The van der Waals surface area contributed by atoms with Crippen molar-refractivity contribution in [3.8, 4) is 0 Å². The molecule has 0 fully saturated rings. The van der Waals surface area contributed by atoms with Crippen LogP contribution in [-0.2, 0) is 0 Å². The summed E-state index contributed by atoms with van der Waals surface area (Å²) in [6, 6.07) is 5.76. The minimum Gasteiger partial charge on any atom is -0.399 e. The predicted octanol–water partition coefficient (Wildman–Crippen LogP) is 1.76. The average Bonchev–Trinajstić information content (AvgIpc) is 2.11. The summed E-state index contributed by atoms with van der Waals surface area (Å²) in [4.78, 5) is 0. The Balaban J connectivity index is 2.83. The number of aryl methyl sites for hydroxylation is 1. The Labute approximate surface area is 84.9 Å². The van der Waals surface area contributed by atoms with E-state index in [0.717, 1.165) is 16.9 Å². The lowest BCUT2D eigenvalue weighted by atomic mass is 10.1. The van der Waals surface area contributed by atoms with Gasteiger partial charge in [0.05, 0.1) is 12.1 Å². The Morgan fingerprint density at radius 1 is 1.43 bits per heavy atom. The standard InChI is InChI=1S/C11H18N2O/c1-8-6-9(4-5-10(8)12)13-11(2,3)7-14/h4-6,13-14H,7,12H2,1-3H3. The van der Waals surface area contributed by atoms with Gasteiger partial charge in [0.2, 0.25) is 0 Å². The van der Waals surface area contributed by atoms with E-state index in [0.29, 0.717) is 0 Å². The van der Waals surface area contributed by atoms with Crippen LogP contribution < -0.4 is 11.1 Å². The number of aliphatic hydroxyl groups is 1. The molecule has 0 saturated carbocycles. The smallest absolute Gasteiger partial charge is 0.0656 e. The van der Waals surface area contributed by atoms with Gasteiger partial charge < -0.3 is 16.2 Å². The number of aliphatic hydroxyl groups excluding tert-OH is 1. The van der Waals surface area contributed by atoms with Crippen LogP contribution in [0.4, 0.5) is 11.4 Å². The normalized spacial score (nSPS) is 11.4. The van der Waals surface area contributed by atoms with E-state index in [2.05, 4.69) is 5.32 Å². The van der Waals surface area contributed by atoms with Gasteiger partial charge in [-0.15, -0.1) is 0 Å². The highest BCUT2D eigenvalue weighted by molar-refractivity contribution is 5.57. The second kappa shape index (κ2) is 3.88. The molecule has 0 saturated heterocycles. The number of anilines is 2. The van der Waals surface area contributed by atoms with Gasteiger partial charge in [0.1, 0.15) is 0 Å². The summed E-state index contributed by atoms with van der Waals surface area (Å²) < 4.78 is 0. The molecule has 3 heteroatoms. The van der Waals surface area contributed by atoms with E-state index in [9.17, 15) is 0 Å². The molecule has 1 rings (SSSR count).